The van der Waals surface area contributed by atoms with Crippen LogP contribution in [0.15, 0.2) is 54.6 Å². The van der Waals surface area contributed by atoms with Crippen LogP contribution in [0.25, 0.3) is 0 Å². The summed E-state index contributed by atoms with van der Waals surface area (Å²) >= 11 is 0. The van der Waals surface area contributed by atoms with Crippen LogP contribution in [-0.4, -0.2) is 35.9 Å². The topological polar surface area (TPSA) is 58.6 Å². The zero-order valence-corrected chi connectivity index (χ0v) is 16.3. The standard InChI is InChI=1S/C22H28N2O3/c1-4-14-23-22(26)18(3)24(15-19-11-9-8-10-17(19)2)21(25)16-27-20-12-6-5-7-13-20/h5-13,18H,4,14-16H2,1-3H3,(H,23,26). The summed E-state index contributed by atoms with van der Waals surface area (Å²) in [6.45, 7) is 6.60. The third-order valence-electron chi connectivity index (χ3n) is 4.42. The van der Waals surface area contributed by atoms with E-state index in [9.17, 15) is 9.59 Å². The molecule has 0 aliphatic carbocycles. The second kappa shape index (κ2) is 10.4. The van der Waals surface area contributed by atoms with Gasteiger partial charge >= 0.3 is 0 Å². The van der Waals surface area contributed by atoms with Crippen LogP contribution in [0.4, 0.5) is 0 Å². The Hall–Kier alpha value is -2.82. The number of hydrogen-bond donors (Lipinski definition) is 1. The number of hydrogen-bond acceptors (Lipinski definition) is 3. The molecule has 1 N–H and O–H groups in total. The van der Waals surface area contributed by atoms with Gasteiger partial charge in [-0.2, -0.15) is 0 Å². The first-order valence-corrected chi connectivity index (χ1v) is 9.32. The van der Waals surface area contributed by atoms with Crippen molar-refractivity contribution in [3.63, 3.8) is 0 Å². The summed E-state index contributed by atoms with van der Waals surface area (Å²) < 4.78 is 5.60. The van der Waals surface area contributed by atoms with Crippen LogP contribution in [0.3, 0.4) is 0 Å². The number of benzene rings is 2. The van der Waals surface area contributed by atoms with Gasteiger partial charge in [-0.05, 0) is 43.5 Å². The lowest BCUT2D eigenvalue weighted by Gasteiger charge is -2.29. The van der Waals surface area contributed by atoms with Crippen LogP contribution in [0.5, 0.6) is 5.75 Å². The van der Waals surface area contributed by atoms with Gasteiger partial charge in [0, 0.05) is 13.1 Å². The average molecular weight is 368 g/mol. The van der Waals surface area contributed by atoms with Crippen molar-refractivity contribution in [3.05, 3.63) is 65.7 Å². The van der Waals surface area contributed by atoms with Crippen molar-refractivity contribution in [2.45, 2.75) is 39.8 Å². The monoisotopic (exact) mass is 368 g/mol. The smallest absolute Gasteiger partial charge is 0.261 e. The molecule has 1 atom stereocenters. The predicted octanol–water partition coefficient (Wildman–Crippen LogP) is 3.32. The van der Waals surface area contributed by atoms with Gasteiger partial charge in [0.05, 0.1) is 0 Å². The van der Waals surface area contributed by atoms with E-state index >= 15 is 0 Å². The number of amides is 2. The summed E-state index contributed by atoms with van der Waals surface area (Å²) in [5.74, 6) is 0.254. The Morgan fingerprint density at radius 3 is 2.41 bits per heavy atom. The van der Waals surface area contributed by atoms with Crippen molar-refractivity contribution >= 4 is 11.8 Å². The second-order valence-electron chi connectivity index (χ2n) is 6.52. The van der Waals surface area contributed by atoms with Gasteiger partial charge in [-0.15, -0.1) is 0 Å². The van der Waals surface area contributed by atoms with E-state index in [1.807, 2.05) is 56.3 Å². The summed E-state index contributed by atoms with van der Waals surface area (Å²) in [5, 5.41) is 2.87. The largest absolute Gasteiger partial charge is 0.484 e. The molecule has 0 aromatic heterocycles. The molecule has 2 aromatic carbocycles. The lowest BCUT2D eigenvalue weighted by Crippen LogP contribution is -2.49. The van der Waals surface area contributed by atoms with E-state index in [4.69, 9.17) is 4.74 Å². The highest BCUT2D eigenvalue weighted by atomic mass is 16.5. The Labute approximate surface area is 161 Å². The summed E-state index contributed by atoms with van der Waals surface area (Å²) in [6, 6.07) is 16.5. The molecule has 0 heterocycles. The number of nitrogens with zero attached hydrogens (tertiary/aromatic N) is 1. The molecule has 144 valence electrons. The highest BCUT2D eigenvalue weighted by Crippen LogP contribution is 2.15. The summed E-state index contributed by atoms with van der Waals surface area (Å²) in [4.78, 5) is 26.9. The maximum atomic E-state index is 12.9. The quantitative estimate of drug-likeness (QED) is 0.739. The van der Waals surface area contributed by atoms with E-state index in [1.165, 1.54) is 0 Å². The molecule has 27 heavy (non-hydrogen) atoms. The molecular weight excluding hydrogens is 340 g/mol. The number of ether oxygens (including phenoxy) is 1. The van der Waals surface area contributed by atoms with Gasteiger partial charge in [0.2, 0.25) is 5.91 Å². The van der Waals surface area contributed by atoms with E-state index in [2.05, 4.69) is 5.32 Å². The zero-order valence-electron chi connectivity index (χ0n) is 16.3. The molecule has 0 spiro atoms. The van der Waals surface area contributed by atoms with E-state index in [-0.39, 0.29) is 18.4 Å². The summed E-state index contributed by atoms with van der Waals surface area (Å²) in [5.41, 5.74) is 2.10. The Morgan fingerprint density at radius 1 is 1.07 bits per heavy atom. The van der Waals surface area contributed by atoms with Crippen molar-refractivity contribution in [1.82, 2.24) is 10.2 Å². The molecule has 0 radical (unpaired) electrons. The molecule has 0 fully saturated rings. The van der Waals surface area contributed by atoms with Crippen LogP contribution < -0.4 is 10.1 Å². The Balaban J connectivity index is 2.13. The number of carbonyl (C=O) groups is 2. The van der Waals surface area contributed by atoms with E-state index in [0.29, 0.717) is 18.8 Å². The molecule has 0 saturated heterocycles. The molecule has 2 rings (SSSR count). The van der Waals surface area contributed by atoms with Crippen LogP contribution >= 0.6 is 0 Å². The first-order valence-electron chi connectivity index (χ1n) is 9.32. The Bertz CT molecular complexity index is 746. The maximum Gasteiger partial charge on any atom is 0.261 e. The summed E-state index contributed by atoms with van der Waals surface area (Å²) in [7, 11) is 0. The fraction of sp³-hybridized carbons (Fsp3) is 0.364. The number of para-hydroxylation sites is 1. The molecule has 0 saturated carbocycles. The van der Waals surface area contributed by atoms with Crippen molar-refractivity contribution < 1.29 is 14.3 Å². The van der Waals surface area contributed by atoms with Crippen molar-refractivity contribution in [2.75, 3.05) is 13.2 Å². The maximum absolute atomic E-state index is 12.9. The van der Waals surface area contributed by atoms with Crippen LogP contribution in [0.2, 0.25) is 0 Å². The molecule has 2 amide bonds. The Morgan fingerprint density at radius 2 is 1.74 bits per heavy atom. The minimum atomic E-state index is -0.581. The van der Waals surface area contributed by atoms with Crippen molar-refractivity contribution in [3.8, 4) is 5.75 Å². The van der Waals surface area contributed by atoms with Gasteiger partial charge in [0.1, 0.15) is 11.8 Å². The fourth-order valence-corrected chi connectivity index (χ4v) is 2.69. The normalized spacial score (nSPS) is 11.5. The van der Waals surface area contributed by atoms with Gasteiger partial charge in [0.15, 0.2) is 6.61 Å². The fourth-order valence-electron chi connectivity index (χ4n) is 2.69. The third kappa shape index (κ3) is 6.13. The lowest BCUT2D eigenvalue weighted by molar-refractivity contribution is -0.142. The first kappa shape index (κ1) is 20.5. The molecule has 5 nitrogen and oxygen atoms in total. The zero-order chi connectivity index (χ0) is 19.6. The minimum Gasteiger partial charge on any atom is -0.484 e. The SMILES string of the molecule is CCCNC(=O)C(C)N(Cc1ccccc1C)C(=O)COc1ccccc1. The molecule has 0 aliphatic heterocycles. The number of rotatable bonds is 9. The Kier molecular flexibility index (Phi) is 7.86. The van der Waals surface area contributed by atoms with E-state index in [0.717, 1.165) is 17.5 Å². The highest BCUT2D eigenvalue weighted by Gasteiger charge is 2.26. The highest BCUT2D eigenvalue weighted by molar-refractivity contribution is 5.87. The molecule has 1 unspecified atom stereocenters. The predicted molar refractivity (Wildman–Crippen MR) is 106 cm³/mol. The molecule has 0 bridgehead atoms. The van der Waals surface area contributed by atoms with Gasteiger partial charge in [0.25, 0.3) is 5.91 Å². The third-order valence-corrected chi connectivity index (χ3v) is 4.42. The van der Waals surface area contributed by atoms with Crippen LogP contribution in [-0.2, 0) is 16.1 Å². The number of aryl methyl sites for hydroxylation is 1. The van der Waals surface area contributed by atoms with Crippen LogP contribution in [0, 0.1) is 6.92 Å². The first-order chi connectivity index (χ1) is 13.0. The van der Waals surface area contributed by atoms with Gasteiger partial charge in [-0.1, -0.05) is 49.4 Å². The molecule has 5 heteroatoms. The van der Waals surface area contributed by atoms with Crippen molar-refractivity contribution in [2.24, 2.45) is 0 Å². The van der Waals surface area contributed by atoms with E-state index < -0.39 is 6.04 Å². The minimum absolute atomic E-state index is 0.110. The average Bonchev–Trinajstić information content (AvgIpc) is 2.70. The van der Waals surface area contributed by atoms with Crippen molar-refractivity contribution in [1.29, 1.82) is 0 Å². The molecule has 2 aromatic rings. The van der Waals surface area contributed by atoms with E-state index in [1.54, 1.807) is 24.0 Å². The second-order valence-corrected chi connectivity index (χ2v) is 6.52. The molecular formula is C22H28N2O3. The van der Waals surface area contributed by atoms with Gasteiger partial charge in [-0.25, -0.2) is 0 Å². The number of nitrogens with one attached hydrogen (secondary N) is 1. The van der Waals surface area contributed by atoms with Gasteiger partial charge < -0.3 is 15.0 Å². The van der Waals surface area contributed by atoms with Crippen LogP contribution in [0.1, 0.15) is 31.4 Å². The summed E-state index contributed by atoms with van der Waals surface area (Å²) in [6.07, 6.45) is 0.849. The number of carbonyl (C=O) groups excluding carboxylic acids is 2. The van der Waals surface area contributed by atoms with Gasteiger partial charge in [-0.3, -0.25) is 9.59 Å². The molecule has 0 aliphatic rings. The lowest BCUT2D eigenvalue weighted by atomic mass is 10.1.